The van der Waals surface area contributed by atoms with E-state index in [1.165, 1.54) is 5.56 Å². The molecule has 0 saturated carbocycles. The van der Waals surface area contributed by atoms with Crippen molar-refractivity contribution in [1.82, 2.24) is 9.88 Å². The number of hydrogen-bond donors (Lipinski definition) is 0. The predicted molar refractivity (Wildman–Crippen MR) is 117 cm³/mol. The number of aromatic nitrogens is 1. The molecule has 0 radical (unpaired) electrons. The molecule has 3 aromatic rings. The van der Waals surface area contributed by atoms with Crippen LogP contribution in [0.25, 0.3) is 22.2 Å². The minimum Gasteiger partial charge on any atom is -0.372 e. The van der Waals surface area contributed by atoms with Crippen LogP contribution < -0.4 is 0 Å². The maximum Gasteiger partial charge on any atom is 0.254 e. The van der Waals surface area contributed by atoms with Crippen molar-refractivity contribution in [3.63, 3.8) is 0 Å². The number of nitrogens with zero attached hydrogens (tertiary/aromatic N) is 2. The molecule has 0 spiro atoms. The van der Waals surface area contributed by atoms with Crippen LogP contribution in [0.5, 0.6) is 0 Å². The Morgan fingerprint density at radius 3 is 2.41 bits per heavy atom. The van der Waals surface area contributed by atoms with Crippen molar-refractivity contribution >= 4 is 16.8 Å². The molecular formula is C25H28N2O2. The summed E-state index contributed by atoms with van der Waals surface area (Å²) in [7, 11) is 0. The van der Waals surface area contributed by atoms with Crippen molar-refractivity contribution in [1.29, 1.82) is 0 Å². The van der Waals surface area contributed by atoms with E-state index in [2.05, 4.69) is 37.3 Å². The number of morpholine rings is 1. The zero-order valence-corrected chi connectivity index (χ0v) is 17.6. The molecule has 1 aliphatic rings. The molecule has 1 fully saturated rings. The van der Waals surface area contributed by atoms with E-state index in [1.54, 1.807) is 0 Å². The fourth-order valence-corrected chi connectivity index (χ4v) is 4.09. The van der Waals surface area contributed by atoms with Gasteiger partial charge in [0.2, 0.25) is 0 Å². The monoisotopic (exact) mass is 388 g/mol. The Kier molecular flexibility index (Phi) is 5.37. The van der Waals surface area contributed by atoms with E-state index in [-0.39, 0.29) is 18.1 Å². The number of rotatable bonds is 3. The molecule has 1 saturated heterocycles. The summed E-state index contributed by atoms with van der Waals surface area (Å²) in [6.45, 7) is 9.45. The van der Waals surface area contributed by atoms with Gasteiger partial charge in [0.05, 0.1) is 29.0 Å². The highest BCUT2D eigenvalue weighted by molar-refractivity contribution is 6.07. The Hall–Kier alpha value is -2.72. The molecule has 4 heteroatoms. The van der Waals surface area contributed by atoms with Crippen LogP contribution in [0.2, 0.25) is 0 Å². The summed E-state index contributed by atoms with van der Waals surface area (Å²) >= 11 is 0. The molecule has 1 aliphatic heterocycles. The van der Waals surface area contributed by atoms with E-state index in [9.17, 15) is 4.79 Å². The van der Waals surface area contributed by atoms with Gasteiger partial charge in [-0.15, -0.1) is 0 Å². The first-order chi connectivity index (χ1) is 13.9. The fourth-order valence-electron chi connectivity index (χ4n) is 4.09. The lowest BCUT2D eigenvalue weighted by Gasteiger charge is -2.35. The molecule has 0 bridgehead atoms. The van der Waals surface area contributed by atoms with Crippen molar-refractivity contribution in [3.05, 3.63) is 65.2 Å². The zero-order valence-electron chi connectivity index (χ0n) is 17.6. The van der Waals surface area contributed by atoms with E-state index < -0.39 is 0 Å². The molecule has 4 nitrogen and oxygen atoms in total. The van der Waals surface area contributed by atoms with E-state index >= 15 is 0 Å². The van der Waals surface area contributed by atoms with Crippen molar-refractivity contribution in [2.24, 2.45) is 0 Å². The summed E-state index contributed by atoms with van der Waals surface area (Å²) in [5.74, 6) is 0.0522. The molecule has 0 N–H and O–H groups in total. The second-order valence-electron chi connectivity index (χ2n) is 8.09. The normalized spacial score (nSPS) is 19.5. The van der Waals surface area contributed by atoms with E-state index in [4.69, 9.17) is 9.72 Å². The SMILES string of the molecule is CCc1ccc(-c2cc(C(=O)N3C[C@@H](C)O[C@H](C)C3)c3cc(C)ccc3n2)cc1. The number of benzene rings is 2. The molecule has 2 aromatic carbocycles. The summed E-state index contributed by atoms with van der Waals surface area (Å²) in [4.78, 5) is 20.3. The largest absolute Gasteiger partial charge is 0.372 e. The second kappa shape index (κ2) is 7.96. The van der Waals surface area contributed by atoms with E-state index in [0.717, 1.165) is 39.7 Å². The van der Waals surface area contributed by atoms with Gasteiger partial charge in [-0.1, -0.05) is 42.8 Å². The lowest BCUT2D eigenvalue weighted by atomic mass is 10.0. The topological polar surface area (TPSA) is 42.4 Å². The van der Waals surface area contributed by atoms with Crippen LogP contribution >= 0.6 is 0 Å². The van der Waals surface area contributed by atoms with Crippen molar-refractivity contribution in [2.75, 3.05) is 13.1 Å². The molecule has 1 aromatic heterocycles. The maximum absolute atomic E-state index is 13.5. The van der Waals surface area contributed by atoms with Crippen LogP contribution in [-0.2, 0) is 11.2 Å². The lowest BCUT2D eigenvalue weighted by molar-refractivity contribution is -0.0585. The zero-order chi connectivity index (χ0) is 20.5. The predicted octanol–water partition coefficient (Wildman–Crippen LogP) is 5.02. The van der Waals surface area contributed by atoms with Crippen molar-refractivity contribution in [3.8, 4) is 11.3 Å². The number of hydrogen-bond acceptors (Lipinski definition) is 3. The quantitative estimate of drug-likeness (QED) is 0.632. The van der Waals surface area contributed by atoms with Crippen LogP contribution in [0.4, 0.5) is 0 Å². The molecule has 2 heterocycles. The summed E-state index contributed by atoms with van der Waals surface area (Å²) in [6.07, 6.45) is 1.08. The minimum absolute atomic E-state index is 0.0404. The van der Waals surface area contributed by atoms with Crippen LogP contribution in [0.3, 0.4) is 0 Å². The van der Waals surface area contributed by atoms with Crippen LogP contribution in [0.15, 0.2) is 48.5 Å². The summed E-state index contributed by atoms with van der Waals surface area (Å²) in [5.41, 5.74) is 5.85. The van der Waals surface area contributed by atoms with Gasteiger partial charge in [0, 0.05) is 24.0 Å². The highest BCUT2D eigenvalue weighted by Crippen LogP contribution is 2.28. The minimum atomic E-state index is 0.0404. The van der Waals surface area contributed by atoms with Gasteiger partial charge < -0.3 is 9.64 Å². The second-order valence-corrected chi connectivity index (χ2v) is 8.09. The Bertz CT molecular complexity index is 1030. The summed E-state index contributed by atoms with van der Waals surface area (Å²) in [5, 5.41) is 0.913. The van der Waals surface area contributed by atoms with Gasteiger partial charge in [0.1, 0.15) is 0 Å². The van der Waals surface area contributed by atoms with Gasteiger partial charge >= 0.3 is 0 Å². The molecule has 1 amide bonds. The number of aryl methyl sites for hydroxylation is 2. The molecule has 0 aliphatic carbocycles. The summed E-state index contributed by atoms with van der Waals surface area (Å²) < 4.78 is 5.82. The number of ether oxygens (including phenoxy) is 1. The highest BCUT2D eigenvalue weighted by Gasteiger charge is 2.28. The number of pyridine rings is 1. The Balaban J connectivity index is 1.82. The molecule has 4 rings (SSSR count). The third kappa shape index (κ3) is 4.03. The van der Waals surface area contributed by atoms with Crippen LogP contribution in [0, 0.1) is 6.92 Å². The van der Waals surface area contributed by atoms with Crippen LogP contribution in [-0.4, -0.2) is 41.1 Å². The molecule has 2 atom stereocenters. The molecule has 150 valence electrons. The van der Waals surface area contributed by atoms with Crippen molar-refractivity contribution < 1.29 is 9.53 Å². The van der Waals surface area contributed by atoms with Gasteiger partial charge in [-0.3, -0.25) is 4.79 Å². The van der Waals surface area contributed by atoms with Gasteiger partial charge in [0.15, 0.2) is 0 Å². The van der Waals surface area contributed by atoms with Gasteiger partial charge in [-0.05, 0) is 51.0 Å². The number of carbonyl (C=O) groups excluding carboxylic acids is 1. The third-order valence-corrected chi connectivity index (χ3v) is 5.56. The van der Waals surface area contributed by atoms with E-state index in [1.807, 2.05) is 43.9 Å². The van der Waals surface area contributed by atoms with Crippen LogP contribution in [0.1, 0.15) is 42.3 Å². The first-order valence-electron chi connectivity index (χ1n) is 10.4. The number of fused-ring (bicyclic) bond motifs is 1. The lowest BCUT2D eigenvalue weighted by Crippen LogP contribution is -2.48. The standard InChI is InChI=1S/C25H28N2O2/c1-5-19-7-9-20(10-8-19)24-13-22(21-12-16(2)6-11-23(21)26-24)25(28)27-14-17(3)29-18(4)15-27/h6-13,17-18H,5,14-15H2,1-4H3/t17-,18-/m1/s1. The summed E-state index contributed by atoms with van der Waals surface area (Å²) in [6, 6.07) is 16.5. The average Bonchev–Trinajstić information content (AvgIpc) is 2.72. The molecule has 0 unspecified atom stereocenters. The Morgan fingerprint density at radius 2 is 1.76 bits per heavy atom. The van der Waals surface area contributed by atoms with Gasteiger partial charge in [0.25, 0.3) is 5.91 Å². The molecule has 29 heavy (non-hydrogen) atoms. The van der Waals surface area contributed by atoms with E-state index in [0.29, 0.717) is 13.1 Å². The number of amides is 1. The highest BCUT2D eigenvalue weighted by atomic mass is 16.5. The van der Waals surface area contributed by atoms with Crippen molar-refractivity contribution in [2.45, 2.75) is 46.3 Å². The smallest absolute Gasteiger partial charge is 0.254 e. The van der Waals surface area contributed by atoms with Gasteiger partial charge in [-0.25, -0.2) is 4.98 Å². The first kappa shape index (κ1) is 19.6. The Morgan fingerprint density at radius 1 is 1.07 bits per heavy atom. The maximum atomic E-state index is 13.5. The number of carbonyl (C=O) groups is 1. The Labute approximate surface area is 172 Å². The first-order valence-corrected chi connectivity index (χ1v) is 10.4. The van der Waals surface area contributed by atoms with Gasteiger partial charge in [-0.2, -0.15) is 0 Å². The average molecular weight is 389 g/mol. The fraction of sp³-hybridized carbons (Fsp3) is 0.360. The molecular weight excluding hydrogens is 360 g/mol. The third-order valence-electron chi connectivity index (χ3n) is 5.56.